The minimum atomic E-state index is 0.266. The molecule has 0 aromatic rings. The van der Waals surface area contributed by atoms with Crippen molar-refractivity contribution in [1.29, 1.82) is 0 Å². The second-order valence-corrected chi connectivity index (χ2v) is 4.43. The molecule has 1 N–H and O–H groups in total. The molecule has 4 nitrogen and oxygen atoms in total. The number of carbonyl (C=O) groups excluding carboxylic acids is 1. The highest BCUT2D eigenvalue weighted by Crippen LogP contribution is 2.25. The van der Waals surface area contributed by atoms with E-state index in [-0.39, 0.29) is 5.91 Å². The van der Waals surface area contributed by atoms with Crippen LogP contribution in [0.5, 0.6) is 0 Å². The lowest BCUT2D eigenvalue weighted by atomic mass is 9.91. The van der Waals surface area contributed by atoms with E-state index in [0.717, 1.165) is 38.8 Å². The van der Waals surface area contributed by atoms with E-state index in [9.17, 15) is 4.79 Å². The highest BCUT2D eigenvalue weighted by Gasteiger charge is 2.29. The number of rotatable bonds is 2. The molecule has 1 saturated carbocycles. The molecule has 2 fully saturated rings. The lowest BCUT2D eigenvalue weighted by Gasteiger charge is -2.38. The van der Waals surface area contributed by atoms with Crippen molar-refractivity contribution < 1.29 is 9.53 Å². The van der Waals surface area contributed by atoms with Gasteiger partial charge in [0.2, 0.25) is 5.91 Å². The maximum Gasteiger partial charge on any atom is 0.236 e. The molecule has 0 unspecified atom stereocenters. The number of amides is 1. The smallest absolute Gasteiger partial charge is 0.236 e. The van der Waals surface area contributed by atoms with Crippen molar-refractivity contribution in [3.63, 3.8) is 0 Å². The summed E-state index contributed by atoms with van der Waals surface area (Å²) in [6.07, 6.45) is 4.81. The fourth-order valence-electron chi connectivity index (χ4n) is 2.60. The molecule has 86 valence electrons. The number of hydrogen-bond donors (Lipinski definition) is 1. The van der Waals surface area contributed by atoms with Gasteiger partial charge in [-0.05, 0) is 25.7 Å². The fourth-order valence-corrected chi connectivity index (χ4v) is 2.60. The molecule has 0 bridgehead atoms. The quantitative estimate of drug-likeness (QED) is 0.719. The maximum absolute atomic E-state index is 11.7. The van der Waals surface area contributed by atoms with Crippen LogP contribution in [0.25, 0.3) is 0 Å². The summed E-state index contributed by atoms with van der Waals surface area (Å²) in [6.45, 7) is 2.33. The maximum atomic E-state index is 11.7. The van der Waals surface area contributed by atoms with E-state index in [1.54, 1.807) is 7.11 Å². The van der Waals surface area contributed by atoms with Gasteiger partial charge in [-0.15, -0.1) is 0 Å². The number of piperazine rings is 1. The normalized spacial score (nSPS) is 33.1. The molecule has 1 saturated heterocycles. The van der Waals surface area contributed by atoms with E-state index in [2.05, 4.69) is 10.2 Å². The van der Waals surface area contributed by atoms with Crippen LogP contribution in [0.4, 0.5) is 0 Å². The highest BCUT2D eigenvalue weighted by molar-refractivity contribution is 5.79. The standard InChI is InChI=1S/C11H20N2O2/c1-15-10-4-2-9(3-5-10)13-7-6-12-8-11(13)14/h9-10,12H,2-8H2,1H3. The summed E-state index contributed by atoms with van der Waals surface area (Å²) in [5.41, 5.74) is 0. The zero-order chi connectivity index (χ0) is 10.7. The van der Waals surface area contributed by atoms with Gasteiger partial charge in [0.05, 0.1) is 12.6 Å². The van der Waals surface area contributed by atoms with E-state index in [0.29, 0.717) is 18.7 Å². The number of methoxy groups -OCH3 is 1. The molecule has 0 aromatic carbocycles. The van der Waals surface area contributed by atoms with Crippen LogP contribution in [0.2, 0.25) is 0 Å². The van der Waals surface area contributed by atoms with Crippen molar-refractivity contribution in [2.75, 3.05) is 26.7 Å². The van der Waals surface area contributed by atoms with E-state index < -0.39 is 0 Å². The van der Waals surface area contributed by atoms with Gasteiger partial charge in [0, 0.05) is 26.2 Å². The van der Waals surface area contributed by atoms with Gasteiger partial charge in [0.15, 0.2) is 0 Å². The van der Waals surface area contributed by atoms with Crippen LogP contribution in [0, 0.1) is 0 Å². The average molecular weight is 212 g/mol. The van der Waals surface area contributed by atoms with Crippen molar-refractivity contribution in [3.8, 4) is 0 Å². The molecule has 2 rings (SSSR count). The van der Waals surface area contributed by atoms with Crippen molar-refractivity contribution in [1.82, 2.24) is 10.2 Å². The van der Waals surface area contributed by atoms with Crippen LogP contribution in [0.3, 0.4) is 0 Å². The minimum absolute atomic E-state index is 0.266. The first kappa shape index (κ1) is 10.9. The fraction of sp³-hybridized carbons (Fsp3) is 0.909. The topological polar surface area (TPSA) is 41.6 Å². The summed E-state index contributed by atoms with van der Waals surface area (Å²) in [5.74, 6) is 0.266. The van der Waals surface area contributed by atoms with E-state index in [4.69, 9.17) is 4.74 Å². The molecule has 4 heteroatoms. The first-order valence-electron chi connectivity index (χ1n) is 5.84. The molecular formula is C11H20N2O2. The van der Waals surface area contributed by atoms with Gasteiger partial charge >= 0.3 is 0 Å². The molecule has 1 amide bonds. The van der Waals surface area contributed by atoms with Gasteiger partial charge in [0.25, 0.3) is 0 Å². The van der Waals surface area contributed by atoms with Crippen LogP contribution < -0.4 is 5.32 Å². The van der Waals surface area contributed by atoms with Crippen molar-refractivity contribution in [2.45, 2.75) is 37.8 Å². The lowest BCUT2D eigenvalue weighted by Crippen LogP contribution is -2.53. The Balaban J connectivity index is 1.86. The summed E-state index contributed by atoms with van der Waals surface area (Å²) in [4.78, 5) is 13.7. The summed E-state index contributed by atoms with van der Waals surface area (Å²) < 4.78 is 5.34. The Morgan fingerprint density at radius 2 is 2.07 bits per heavy atom. The van der Waals surface area contributed by atoms with Gasteiger partial charge < -0.3 is 15.0 Å². The molecule has 2 aliphatic rings. The van der Waals surface area contributed by atoms with Crippen molar-refractivity contribution >= 4 is 5.91 Å². The third kappa shape index (κ3) is 2.49. The van der Waals surface area contributed by atoms with Gasteiger partial charge in [-0.1, -0.05) is 0 Å². The van der Waals surface area contributed by atoms with Crippen LogP contribution in [-0.2, 0) is 9.53 Å². The predicted octanol–water partition coefficient (Wildman–Crippen LogP) is 0.376. The SMILES string of the molecule is COC1CCC(N2CCNCC2=O)CC1. The van der Waals surface area contributed by atoms with E-state index >= 15 is 0 Å². The van der Waals surface area contributed by atoms with E-state index in [1.807, 2.05) is 0 Å². The third-order valence-electron chi connectivity index (χ3n) is 3.54. The monoisotopic (exact) mass is 212 g/mol. The zero-order valence-electron chi connectivity index (χ0n) is 9.37. The van der Waals surface area contributed by atoms with Crippen LogP contribution in [0.1, 0.15) is 25.7 Å². The summed E-state index contributed by atoms with van der Waals surface area (Å²) >= 11 is 0. The first-order chi connectivity index (χ1) is 7.31. The van der Waals surface area contributed by atoms with Crippen molar-refractivity contribution in [3.05, 3.63) is 0 Å². The second-order valence-electron chi connectivity index (χ2n) is 4.43. The lowest BCUT2D eigenvalue weighted by molar-refractivity contribution is -0.135. The van der Waals surface area contributed by atoms with Crippen molar-refractivity contribution in [2.24, 2.45) is 0 Å². The first-order valence-corrected chi connectivity index (χ1v) is 5.84. The summed E-state index contributed by atoms with van der Waals surface area (Å²) in [5, 5.41) is 3.11. The van der Waals surface area contributed by atoms with Gasteiger partial charge in [-0.2, -0.15) is 0 Å². The van der Waals surface area contributed by atoms with Gasteiger partial charge in [0.1, 0.15) is 0 Å². The largest absolute Gasteiger partial charge is 0.381 e. The Hall–Kier alpha value is -0.610. The molecule has 0 atom stereocenters. The average Bonchev–Trinajstić information content (AvgIpc) is 2.30. The Labute approximate surface area is 91.0 Å². The van der Waals surface area contributed by atoms with Crippen LogP contribution >= 0.6 is 0 Å². The second kappa shape index (κ2) is 4.94. The van der Waals surface area contributed by atoms with Crippen LogP contribution in [-0.4, -0.2) is 49.7 Å². The Morgan fingerprint density at radius 1 is 1.33 bits per heavy atom. The minimum Gasteiger partial charge on any atom is -0.381 e. The molecule has 0 radical (unpaired) electrons. The Kier molecular flexibility index (Phi) is 3.59. The molecule has 1 aliphatic carbocycles. The van der Waals surface area contributed by atoms with Crippen LogP contribution in [0.15, 0.2) is 0 Å². The molecule has 15 heavy (non-hydrogen) atoms. The number of carbonyl (C=O) groups is 1. The number of nitrogens with zero attached hydrogens (tertiary/aromatic N) is 1. The molecule has 1 aliphatic heterocycles. The molecule has 1 heterocycles. The summed E-state index contributed by atoms with van der Waals surface area (Å²) in [7, 11) is 1.78. The van der Waals surface area contributed by atoms with Gasteiger partial charge in [-0.3, -0.25) is 4.79 Å². The highest BCUT2D eigenvalue weighted by atomic mass is 16.5. The zero-order valence-corrected chi connectivity index (χ0v) is 9.37. The summed E-state index contributed by atoms with van der Waals surface area (Å²) in [6, 6.07) is 0.464. The Bertz CT molecular complexity index is 225. The Morgan fingerprint density at radius 3 is 2.67 bits per heavy atom. The number of nitrogens with one attached hydrogen (secondary N) is 1. The molecule has 0 aromatic heterocycles. The number of hydrogen-bond acceptors (Lipinski definition) is 3. The van der Waals surface area contributed by atoms with E-state index in [1.165, 1.54) is 0 Å². The predicted molar refractivity (Wildman–Crippen MR) is 57.6 cm³/mol. The third-order valence-corrected chi connectivity index (χ3v) is 3.54. The molecular weight excluding hydrogens is 192 g/mol. The number of ether oxygens (including phenoxy) is 1. The van der Waals surface area contributed by atoms with Gasteiger partial charge in [-0.25, -0.2) is 0 Å². The molecule has 0 spiro atoms.